The molecule has 2 rings (SSSR count). The summed E-state index contributed by atoms with van der Waals surface area (Å²) in [6.07, 6.45) is 5.32. The van der Waals surface area contributed by atoms with Gasteiger partial charge in [0.1, 0.15) is 0 Å². The van der Waals surface area contributed by atoms with Gasteiger partial charge >= 0.3 is 0 Å². The van der Waals surface area contributed by atoms with Gasteiger partial charge in [-0.1, -0.05) is 13.3 Å². The number of halogens is 2. The minimum absolute atomic E-state index is 0. The molecule has 2 N–H and O–H groups in total. The normalized spacial score (nSPS) is 19.5. The fourth-order valence-electron chi connectivity index (χ4n) is 3.14. The van der Waals surface area contributed by atoms with E-state index in [-0.39, 0.29) is 36.8 Å². The summed E-state index contributed by atoms with van der Waals surface area (Å²) in [6.45, 7) is 5.61. The molecule has 0 saturated carbocycles. The second-order valence-corrected chi connectivity index (χ2v) is 6.41. The van der Waals surface area contributed by atoms with E-state index in [1.807, 2.05) is 31.0 Å². The molecule has 2 atom stereocenters. The molecule has 1 amide bonds. The summed E-state index contributed by atoms with van der Waals surface area (Å²) in [7, 11) is 1.87. The van der Waals surface area contributed by atoms with Crippen molar-refractivity contribution in [2.24, 2.45) is 5.73 Å². The zero-order chi connectivity index (χ0) is 16.2. The Hall–Kier alpha value is -1.11. The van der Waals surface area contributed by atoms with E-state index in [0.29, 0.717) is 6.42 Å². The van der Waals surface area contributed by atoms with E-state index >= 15 is 0 Å². The molecule has 1 aliphatic heterocycles. The lowest BCUT2D eigenvalue weighted by Crippen LogP contribution is -2.57. The van der Waals surface area contributed by atoms with E-state index in [0.717, 1.165) is 38.2 Å². The number of hydrogen-bond acceptors (Lipinski definition) is 5. The van der Waals surface area contributed by atoms with E-state index in [4.69, 9.17) is 5.73 Å². The highest BCUT2D eigenvalue weighted by molar-refractivity contribution is 5.86. The van der Waals surface area contributed by atoms with Gasteiger partial charge in [0.05, 0.1) is 5.54 Å². The quantitative estimate of drug-likeness (QED) is 0.851. The van der Waals surface area contributed by atoms with Gasteiger partial charge in [-0.25, -0.2) is 0 Å². The van der Waals surface area contributed by atoms with Crippen LogP contribution in [0.3, 0.4) is 0 Å². The number of nitrogens with two attached hydrogens (primary N) is 1. The maximum atomic E-state index is 12.7. The molecular weight excluding hydrogens is 349 g/mol. The second kappa shape index (κ2) is 10.0. The number of carbonyl (C=O) groups is 1. The number of amides is 1. The lowest BCUT2D eigenvalue weighted by Gasteiger charge is -2.40. The predicted octanol–water partition coefficient (Wildman–Crippen LogP) is 2.26. The van der Waals surface area contributed by atoms with Crippen molar-refractivity contribution in [1.29, 1.82) is 0 Å². The van der Waals surface area contributed by atoms with Crippen LogP contribution in [0.4, 0.5) is 5.82 Å². The molecule has 24 heavy (non-hydrogen) atoms. The second-order valence-electron chi connectivity index (χ2n) is 6.41. The first kappa shape index (κ1) is 22.9. The van der Waals surface area contributed by atoms with Crippen LogP contribution in [0.2, 0.25) is 0 Å². The molecule has 0 spiro atoms. The molecule has 1 aliphatic rings. The first-order valence-electron chi connectivity index (χ1n) is 8.04. The highest BCUT2D eigenvalue weighted by atomic mass is 35.5. The molecule has 2 heterocycles. The maximum absolute atomic E-state index is 12.7. The highest BCUT2D eigenvalue weighted by Crippen LogP contribution is 2.22. The van der Waals surface area contributed by atoms with Crippen molar-refractivity contribution in [3.63, 3.8) is 0 Å². The Balaban J connectivity index is 0.00000264. The lowest BCUT2D eigenvalue weighted by molar-refractivity contribution is -0.137. The van der Waals surface area contributed by atoms with E-state index < -0.39 is 5.54 Å². The van der Waals surface area contributed by atoms with Crippen LogP contribution >= 0.6 is 24.8 Å². The number of rotatable bonds is 5. The Morgan fingerprint density at radius 3 is 2.79 bits per heavy atom. The molecule has 0 aromatic carbocycles. The predicted molar refractivity (Wildman–Crippen MR) is 102 cm³/mol. The zero-order valence-electron chi connectivity index (χ0n) is 14.6. The van der Waals surface area contributed by atoms with E-state index in [1.54, 1.807) is 6.20 Å². The van der Waals surface area contributed by atoms with Crippen molar-refractivity contribution in [2.75, 3.05) is 25.0 Å². The van der Waals surface area contributed by atoms with Gasteiger partial charge in [-0.2, -0.15) is 5.10 Å². The first-order valence-corrected chi connectivity index (χ1v) is 8.04. The molecule has 1 aromatic heterocycles. The monoisotopic (exact) mass is 377 g/mol. The summed E-state index contributed by atoms with van der Waals surface area (Å²) in [5, 5.41) is 8.10. The van der Waals surface area contributed by atoms with Crippen molar-refractivity contribution in [1.82, 2.24) is 15.1 Å². The summed E-state index contributed by atoms with van der Waals surface area (Å²) >= 11 is 0. The fraction of sp³-hybridized carbons (Fsp3) is 0.688. The van der Waals surface area contributed by atoms with Gasteiger partial charge in [0.15, 0.2) is 5.82 Å². The number of aromatic nitrogens is 2. The number of piperidine rings is 1. The van der Waals surface area contributed by atoms with Gasteiger partial charge in [-0.15, -0.1) is 29.9 Å². The minimum Gasteiger partial charge on any atom is -0.353 e. The molecule has 2 unspecified atom stereocenters. The van der Waals surface area contributed by atoms with E-state index in [1.165, 1.54) is 0 Å². The Morgan fingerprint density at radius 2 is 2.21 bits per heavy atom. The molecule has 138 valence electrons. The Kier molecular flexibility index (Phi) is 9.55. The number of carbonyl (C=O) groups excluding carboxylic acids is 1. The van der Waals surface area contributed by atoms with Crippen LogP contribution in [-0.4, -0.2) is 52.7 Å². The van der Waals surface area contributed by atoms with Crippen molar-refractivity contribution in [2.45, 2.75) is 51.1 Å². The maximum Gasteiger partial charge on any atom is 0.242 e. The van der Waals surface area contributed by atoms with Gasteiger partial charge in [-0.3, -0.25) is 4.79 Å². The molecule has 1 fully saturated rings. The Labute approximate surface area is 157 Å². The molecule has 6 nitrogen and oxygen atoms in total. The molecule has 1 aromatic rings. The zero-order valence-corrected chi connectivity index (χ0v) is 16.3. The summed E-state index contributed by atoms with van der Waals surface area (Å²) in [5.74, 6) is 0.900. The molecule has 0 aliphatic carbocycles. The molecular formula is C16H29Cl2N5O. The van der Waals surface area contributed by atoms with Gasteiger partial charge < -0.3 is 15.5 Å². The largest absolute Gasteiger partial charge is 0.353 e. The number of likely N-dealkylation sites (N-methyl/N-ethyl adjacent to an activating group) is 1. The third-order valence-corrected chi connectivity index (χ3v) is 4.40. The average molecular weight is 378 g/mol. The van der Waals surface area contributed by atoms with Gasteiger partial charge in [-0.05, 0) is 38.3 Å². The topological polar surface area (TPSA) is 75.4 Å². The van der Waals surface area contributed by atoms with E-state index in [9.17, 15) is 4.79 Å². The third kappa shape index (κ3) is 5.46. The lowest BCUT2D eigenvalue weighted by atomic mass is 9.94. The number of anilines is 1. The smallest absolute Gasteiger partial charge is 0.242 e. The van der Waals surface area contributed by atoms with Crippen molar-refractivity contribution < 1.29 is 4.79 Å². The average Bonchev–Trinajstić information content (AvgIpc) is 2.54. The SMILES string of the molecule is CCCC(C)(N)C(=O)N(C)C1CCCN(c2cccnn2)C1.Cl.Cl. The van der Waals surface area contributed by atoms with Crippen LogP contribution in [0.1, 0.15) is 39.5 Å². The molecule has 1 saturated heterocycles. The fourth-order valence-corrected chi connectivity index (χ4v) is 3.14. The Bertz CT molecular complexity index is 501. The van der Waals surface area contributed by atoms with Crippen LogP contribution in [0.25, 0.3) is 0 Å². The highest BCUT2D eigenvalue weighted by Gasteiger charge is 2.35. The standard InChI is InChI=1S/C16H27N5O.2ClH/c1-4-9-16(2,17)15(22)20(3)13-7-6-11-21(12-13)14-8-5-10-18-19-14;;/h5,8,10,13H,4,6-7,9,11-12,17H2,1-3H3;2*1H. The first-order chi connectivity index (χ1) is 10.5. The summed E-state index contributed by atoms with van der Waals surface area (Å²) in [6, 6.07) is 4.02. The third-order valence-electron chi connectivity index (χ3n) is 4.40. The number of nitrogens with zero attached hydrogens (tertiary/aromatic N) is 4. The summed E-state index contributed by atoms with van der Waals surface area (Å²) < 4.78 is 0. The van der Waals surface area contributed by atoms with Crippen LogP contribution in [-0.2, 0) is 4.79 Å². The van der Waals surface area contributed by atoms with Crippen LogP contribution in [0.5, 0.6) is 0 Å². The van der Waals surface area contributed by atoms with Crippen molar-refractivity contribution in [3.8, 4) is 0 Å². The Morgan fingerprint density at radius 1 is 1.50 bits per heavy atom. The van der Waals surface area contributed by atoms with Crippen LogP contribution in [0.15, 0.2) is 18.3 Å². The minimum atomic E-state index is -0.779. The summed E-state index contributed by atoms with van der Waals surface area (Å²) in [4.78, 5) is 16.7. The van der Waals surface area contributed by atoms with Crippen molar-refractivity contribution in [3.05, 3.63) is 18.3 Å². The van der Waals surface area contributed by atoms with Gasteiger partial charge in [0.2, 0.25) is 5.91 Å². The van der Waals surface area contributed by atoms with Gasteiger partial charge in [0, 0.05) is 32.4 Å². The van der Waals surface area contributed by atoms with Gasteiger partial charge in [0.25, 0.3) is 0 Å². The van der Waals surface area contributed by atoms with Crippen molar-refractivity contribution >= 4 is 36.5 Å². The van der Waals surface area contributed by atoms with Crippen LogP contribution in [0, 0.1) is 0 Å². The number of hydrogen-bond donors (Lipinski definition) is 1. The molecule has 8 heteroatoms. The van der Waals surface area contributed by atoms with Crippen LogP contribution < -0.4 is 10.6 Å². The molecule has 0 bridgehead atoms. The van der Waals surface area contributed by atoms with E-state index in [2.05, 4.69) is 22.0 Å². The molecule has 0 radical (unpaired) electrons. The summed E-state index contributed by atoms with van der Waals surface area (Å²) in [5.41, 5.74) is 5.42.